The number of fused-ring (bicyclic) bond motifs is 1. The van der Waals surface area contributed by atoms with Crippen LogP contribution in [0.5, 0.6) is 0 Å². The molecule has 7 nitrogen and oxygen atoms in total. The molecule has 0 spiro atoms. The molecule has 1 N–H and O–H groups in total. The Morgan fingerprint density at radius 3 is 2.18 bits per heavy atom. The number of amides is 3. The van der Waals surface area contributed by atoms with Crippen molar-refractivity contribution in [3.05, 3.63) is 71.0 Å². The summed E-state index contributed by atoms with van der Waals surface area (Å²) in [4.78, 5) is 49.4. The van der Waals surface area contributed by atoms with Crippen molar-refractivity contribution in [2.45, 2.75) is 19.6 Å². The molecule has 1 aliphatic rings. The molecule has 2 aromatic rings. The number of hydrogen-bond acceptors (Lipinski definition) is 5. The minimum atomic E-state index is -1.12. The number of halogens is 1. The minimum absolute atomic E-state index is 0.138. The van der Waals surface area contributed by atoms with Gasteiger partial charge in [0.25, 0.3) is 17.7 Å². The highest BCUT2D eigenvalue weighted by molar-refractivity contribution is 6.22. The van der Waals surface area contributed by atoms with Crippen molar-refractivity contribution in [1.29, 1.82) is 0 Å². The van der Waals surface area contributed by atoms with E-state index in [4.69, 9.17) is 4.74 Å². The molecule has 2 aromatic carbocycles. The van der Waals surface area contributed by atoms with Crippen molar-refractivity contribution in [3.8, 4) is 0 Å². The third-order valence-electron chi connectivity index (χ3n) is 4.22. The van der Waals surface area contributed by atoms with E-state index in [-0.39, 0.29) is 23.5 Å². The molecule has 0 aromatic heterocycles. The highest BCUT2D eigenvalue weighted by Gasteiger charge is 2.37. The first-order chi connectivity index (χ1) is 13.4. The van der Waals surface area contributed by atoms with E-state index in [2.05, 4.69) is 5.32 Å². The summed E-state index contributed by atoms with van der Waals surface area (Å²) in [7, 11) is 0. The molecule has 0 bridgehead atoms. The molecule has 0 radical (unpaired) electrons. The Kier molecular flexibility index (Phi) is 5.49. The van der Waals surface area contributed by atoms with Gasteiger partial charge in [0.2, 0.25) is 0 Å². The van der Waals surface area contributed by atoms with Gasteiger partial charge in [0, 0.05) is 6.54 Å². The zero-order chi connectivity index (χ0) is 20.3. The minimum Gasteiger partial charge on any atom is -0.451 e. The van der Waals surface area contributed by atoms with Crippen molar-refractivity contribution in [2.75, 3.05) is 6.54 Å². The van der Waals surface area contributed by atoms with E-state index in [1.165, 1.54) is 43.3 Å². The van der Waals surface area contributed by atoms with Crippen molar-refractivity contribution in [3.63, 3.8) is 0 Å². The summed E-state index contributed by atoms with van der Waals surface area (Å²) in [5.74, 6) is -2.97. The van der Waals surface area contributed by atoms with Crippen LogP contribution in [0, 0.1) is 5.82 Å². The second-order valence-electron chi connectivity index (χ2n) is 6.22. The highest BCUT2D eigenvalue weighted by Crippen LogP contribution is 2.22. The molecule has 8 heteroatoms. The van der Waals surface area contributed by atoms with Crippen molar-refractivity contribution >= 4 is 23.7 Å². The van der Waals surface area contributed by atoms with E-state index >= 15 is 0 Å². The number of imide groups is 1. The van der Waals surface area contributed by atoms with Gasteiger partial charge in [-0.25, -0.2) is 4.39 Å². The maximum atomic E-state index is 12.9. The van der Waals surface area contributed by atoms with E-state index in [0.717, 1.165) is 4.90 Å². The molecule has 1 heterocycles. The molecular weight excluding hydrogens is 367 g/mol. The van der Waals surface area contributed by atoms with Crippen LogP contribution < -0.4 is 5.32 Å². The van der Waals surface area contributed by atoms with Crippen LogP contribution in [0.25, 0.3) is 0 Å². The maximum Gasteiger partial charge on any atom is 0.326 e. The monoisotopic (exact) mass is 384 g/mol. The standard InChI is InChI=1S/C20H17FN2O5/c1-12(18(25)22-10-13-6-8-14(21)9-7-13)28-17(24)11-23-19(26)15-4-2-3-5-16(15)20(23)27/h2-9,12H,10-11H2,1H3,(H,22,25). The zero-order valence-electron chi connectivity index (χ0n) is 15.0. The number of esters is 1. The van der Waals surface area contributed by atoms with E-state index < -0.39 is 36.3 Å². The van der Waals surface area contributed by atoms with Gasteiger partial charge in [0.15, 0.2) is 6.10 Å². The first-order valence-corrected chi connectivity index (χ1v) is 8.53. The van der Waals surface area contributed by atoms with E-state index in [9.17, 15) is 23.6 Å². The number of nitrogens with zero attached hydrogens (tertiary/aromatic N) is 1. The van der Waals surface area contributed by atoms with E-state index in [1.54, 1.807) is 12.1 Å². The number of benzene rings is 2. The van der Waals surface area contributed by atoms with Gasteiger partial charge in [-0.05, 0) is 36.8 Å². The summed E-state index contributed by atoms with van der Waals surface area (Å²) in [6, 6.07) is 11.8. The second kappa shape index (κ2) is 7.99. The van der Waals surface area contributed by atoms with Crippen LogP contribution in [0.3, 0.4) is 0 Å². The molecule has 0 fully saturated rings. The molecule has 0 aliphatic carbocycles. The van der Waals surface area contributed by atoms with Crippen LogP contribution >= 0.6 is 0 Å². The Morgan fingerprint density at radius 1 is 1.04 bits per heavy atom. The third-order valence-corrected chi connectivity index (χ3v) is 4.22. The fourth-order valence-corrected chi connectivity index (χ4v) is 2.73. The topological polar surface area (TPSA) is 92.8 Å². The van der Waals surface area contributed by atoms with Gasteiger partial charge in [0.1, 0.15) is 12.4 Å². The predicted molar refractivity (Wildman–Crippen MR) is 95.6 cm³/mol. The lowest BCUT2D eigenvalue weighted by Gasteiger charge is -2.16. The Hall–Kier alpha value is -3.55. The van der Waals surface area contributed by atoms with Crippen molar-refractivity contribution < 1.29 is 28.3 Å². The lowest BCUT2D eigenvalue weighted by molar-refractivity contribution is -0.155. The lowest BCUT2D eigenvalue weighted by Crippen LogP contribution is -2.40. The maximum absolute atomic E-state index is 12.9. The summed E-state index contributed by atoms with van der Waals surface area (Å²) < 4.78 is 17.9. The Balaban J connectivity index is 1.52. The molecule has 0 saturated carbocycles. The van der Waals surface area contributed by atoms with Crippen LogP contribution in [-0.2, 0) is 20.9 Å². The normalized spacial score (nSPS) is 13.9. The average Bonchev–Trinajstić information content (AvgIpc) is 2.92. The Bertz CT molecular complexity index is 907. The number of carbonyl (C=O) groups excluding carboxylic acids is 4. The molecule has 1 aliphatic heterocycles. The summed E-state index contributed by atoms with van der Waals surface area (Å²) in [5, 5.41) is 2.56. The van der Waals surface area contributed by atoms with Crippen molar-refractivity contribution in [2.24, 2.45) is 0 Å². The van der Waals surface area contributed by atoms with Crippen LogP contribution in [-0.4, -0.2) is 41.2 Å². The Morgan fingerprint density at radius 2 is 1.61 bits per heavy atom. The second-order valence-corrected chi connectivity index (χ2v) is 6.22. The largest absolute Gasteiger partial charge is 0.451 e. The lowest BCUT2D eigenvalue weighted by atomic mass is 10.1. The van der Waals surface area contributed by atoms with Crippen LogP contribution in [0.2, 0.25) is 0 Å². The van der Waals surface area contributed by atoms with Gasteiger partial charge >= 0.3 is 5.97 Å². The molecule has 144 valence electrons. The average molecular weight is 384 g/mol. The quantitative estimate of drug-likeness (QED) is 0.604. The summed E-state index contributed by atoms with van der Waals surface area (Å²) in [6.45, 7) is 0.932. The number of nitrogens with one attached hydrogen (secondary N) is 1. The fourth-order valence-electron chi connectivity index (χ4n) is 2.73. The predicted octanol–water partition coefficient (Wildman–Crippen LogP) is 1.67. The van der Waals surface area contributed by atoms with Crippen LogP contribution in [0.15, 0.2) is 48.5 Å². The van der Waals surface area contributed by atoms with Gasteiger partial charge in [-0.1, -0.05) is 24.3 Å². The first kappa shape index (κ1) is 19.2. The smallest absolute Gasteiger partial charge is 0.326 e. The summed E-state index contributed by atoms with van der Waals surface area (Å²) >= 11 is 0. The fraction of sp³-hybridized carbons (Fsp3) is 0.200. The van der Waals surface area contributed by atoms with Crippen molar-refractivity contribution in [1.82, 2.24) is 10.2 Å². The number of ether oxygens (including phenoxy) is 1. The van der Waals surface area contributed by atoms with Gasteiger partial charge in [0.05, 0.1) is 11.1 Å². The number of rotatable bonds is 6. The number of hydrogen-bond donors (Lipinski definition) is 1. The van der Waals surface area contributed by atoms with E-state index in [0.29, 0.717) is 5.56 Å². The molecule has 1 unspecified atom stereocenters. The number of carbonyl (C=O) groups is 4. The van der Waals surface area contributed by atoms with Crippen LogP contribution in [0.1, 0.15) is 33.2 Å². The molecule has 1 atom stereocenters. The first-order valence-electron chi connectivity index (χ1n) is 8.53. The SMILES string of the molecule is CC(OC(=O)CN1C(=O)c2ccccc2C1=O)C(=O)NCc1ccc(F)cc1. The summed E-state index contributed by atoms with van der Waals surface area (Å²) in [6.07, 6.45) is -1.12. The Labute approximate surface area is 160 Å². The summed E-state index contributed by atoms with van der Waals surface area (Å²) in [5.41, 5.74) is 1.13. The highest BCUT2D eigenvalue weighted by atomic mass is 19.1. The molecule has 28 heavy (non-hydrogen) atoms. The van der Waals surface area contributed by atoms with Gasteiger partial charge < -0.3 is 10.1 Å². The molecule has 3 amide bonds. The van der Waals surface area contributed by atoms with Crippen LogP contribution in [0.4, 0.5) is 4.39 Å². The third kappa shape index (κ3) is 4.06. The molecule has 0 saturated heterocycles. The zero-order valence-corrected chi connectivity index (χ0v) is 15.0. The van der Waals surface area contributed by atoms with Gasteiger partial charge in [-0.2, -0.15) is 0 Å². The van der Waals surface area contributed by atoms with E-state index in [1.807, 2.05) is 0 Å². The van der Waals surface area contributed by atoms with Gasteiger partial charge in [-0.15, -0.1) is 0 Å². The van der Waals surface area contributed by atoms with Gasteiger partial charge in [-0.3, -0.25) is 24.1 Å². The molecule has 3 rings (SSSR count). The molecular formula is C20H17FN2O5.